The van der Waals surface area contributed by atoms with Crippen molar-refractivity contribution in [1.82, 2.24) is 9.88 Å². The average molecular weight is 390 g/mol. The smallest absolute Gasteiger partial charge is 0.162 e. The summed E-state index contributed by atoms with van der Waals surface area (Å²) in [5.74, 6) is -1.21. The SMILES string of the molecule is Oc1ccc(C(O)CN2CC3CC(O)CC3C2Cc2cccc(F)c2F)nc1. The van der Waals surface area contributed by atoms with E-state index in [1.165, 1.54) is 18.3 Å². The summed E-state index contributed by atoms with van der Waals surface area (Å²) in [5.41, 5.74) is 0.764. The van der Waals surface area contributed by atoms with Crippen molar-refractivity contribution in [2.24, 2.45) is 11.8 Å². The van der Waals surface area contributed by atoms with Gasteiger partial charge in [-0.3, -0.25) is 9.88 Å². The third kappa shape index (κ3) is 3.74. The molecule has 0 amide bonds. The lowest BCUT2D eigenvalue weighted by atomic mass is 9.89. The normalized spacial score (nSPS) is 28.4. The zero-order valence-electron chi connectivity index (χ0n) is 15.4. The van der Waals surface area contributed by atoms with Crippen LogP contribution in [0.3, 0.4) is 0 Å². The molecular formula is C21H24F2N2O3. The first-order valence-electron chi connectivity index (χ1n) is 9.60. The summed E-state index contributed by atoms with van der Waals surface area (Å²) in [6.45, 7) is 1.00. The van der Waals surface area contributed by atoms with Crippen LogP contribution in [0.1, 0.15) is 30.2 Å². The molecule has 1 aliphatic heterocycles. The molecular weight excluding hydrogens is 366 g/mol. The Hall–Kier alpha value is -2.09. The van der Waals surface area contributed by atoms with Gasteiger partial charge in [-0.05, 0) is 54.9 Å². The Morgan fingerprint density at radius 3 is 2.75 bits per heavy atom. The topological polar surface area (TPSA) is 76.8 Å². The second kappa shape index (κ2) is 7.73. The number of fused-ring (bicyclic) bond motifs is 1. The molecule has 5 atom stereocenters. The molecule has 2 heterocycles. The van der Waals surface area contributed by atoms with Gasteiger partial charge in [-0.15, -0.1) is 0 Å². The number of likely N-dealkylation sites (tertiary alicyclic amines) is 1. The van der Waals surface area contributed by atoms with E-state index in [1.807, 2.05) is 0 Å². The first kappa shape index (κ1) is 19.2. The number of benzene rings is 1. The number of pyridine rings is 1. The summed E-state index contributed by atoms with van der Waals surface area (Å²) < 4.78 is 27.9. The molecule has 7 heteroatoms. The van der Waals surface area contributed by atoms with Gasteiger partial charge in [0.2, 0.25) is 0 Å². The van der Waals surface area contributed by atoms with E-state index in [-0.39, 0.29) is 29.7 Å². The predicted octanol–water partition coefficient (Wildman–Crippen LogP) is 2.41. The Kier molecular flexibility index (Phi) is 5.31. The summed E-state index contributed by atoms with van der Waals surface area (Å²) in [4.78, 5) is 6.16. The Morgan fingerprint density at radius 1 is 1.18 bits per heavy atom. The zero-order valence-corrected chi connectivity index (χ0v) is 15.4. The second-order valence-electron chi connectivity index (χ2n) is 7.94. The van der Waals surface area contributed by atoms with Gasteiger partial charge in [0.05, 0.1) is 18.0 Å². The van der Waals surface area contributed by atoms with Crippen molar-refractivity contribution in [3.63, 3.8) is 0 Å². The fraction of sp³-hybridized carbons (Fsp3) is 0.476. The number of hydrogen-bond acceptors (Lipinski definition) is 5. The Morgan fingerprint density at radius 2 is 2.00 bits per heavy atom. The molecule has 5 nitrogen and oxygen atoms in total. The molecule has 4 rings (SSSR count). The molecule has 28 heavy (non-hydrogen) atoms. The largest absolute Gasteiger partial charge is 0.506 e. The maximum atomic E-state index is 14.2. The second-order valence-corrected chi connectivity index (χ2v) is 7.94. The highest BCUT2D eigenvalue weighted by Crippen LogP contribution is 2.44. The molecule has 1 aromatic heterocycles. The van der Waals surface area contributed by atoms with E-state index in [0.717, 1.165) is 6.07 Å². The van der Waals surface area contributed by atoms with Crippen LogP contribution in [-0.4, -0.2) is 50.4 Å². The molecule has 3 N–H and O–H groups in total. The number of β-amino-alcohol motifs (C(OH)–C–C–N with tert-alkyl or cyclic N) is 1. The Labute approximate surface area is 162 Å². The van der Waals surface area contributed by atoms with Crippen LogP contribution in [0.4, 0.5) is 8.78 Å². The molecule has 0 radical (unpaired) electrons. The van der Waals surface area contributed by atoms with Gasteiger partial charge < -0.3 is 15.3 Å². The fourth-order valence-electron chi connectivity index (χ4n) is 4.85. The van der Waals surface area contributed by atoms with Crippen molar-refractivity contribution in [2.75, 3.05) is 13.1 Å². The van der Waals surface area contributed by atoms with E-state index in [4.69, 9.17) is 0 Å². The number of aromatic hydroxyl groups is 1. The summed E-state index contributed by atoms with van der Waals surface area (Å²) in [5, 5.41) is 30.0. The van der Waals surface area contributed by atoms with Crippen LogP contribution in [-0.2, 0) is 6.42 Å². The summed E-state index contributed by atoms with van der Waals surface area (Å²) in [7, 11) is 0. The monoisotopic (exact) mass is 390 g/mol. The number of rotatable bonds is 5. The molecule has 0 bridgehead atoms. The first-order valence-corrected chi connectivity index (χ1v) is 9.60. The lowest BCUT2D eigenvalue weighted by molar-refractivity contribution is 0.0853. The molecule has 1 aromatic carbocycles. The fourth-order valence-corrected chi connectivity index (χ4v) is 4.85. The highest BCUT2D eigenvalue weighted by molar-refractivity contribution is 5.22. The van der Waals surface area contributed by atoms with E-state index in [1.54, 1.807) is 12.1 Å². The average Bonchev–Trinajstić information content (AvgIpc) is 3.16. The minimum absolute atomic E-state index is 0.0279. The number of aromatic nitrogens is 1. The Bertz CT molecular complexity index is 833. The predicted molar refractivity (Wildman–Crippen MR) is 98.5 cm³/mol. The van der Waals surface area contributed by atoms with Crippen LogP contribution in [0.15, 0.2) is 36.5 Å². The molecule has 1 saturated heterocycles. The standard InChI is InChI=1S/C21H24F2N2O3/c22-17-3-1-2-12(21(17)23)7-19-16-8-15(27)6-13(16)10-25(19)11-20(28)18-5-4-14(26)9-24-18/h1-5,9,13,15-16,19-20,26-28H,6-8,10-11H2. The molecule has 5 unspecified atom stereocenters. The number of halogens is 2. The molecule has 1 aliphatic carbocycles. The zero-order chi connectivity index (χ0) is 19.8. The third-order valence-electron chi connectivity index (χ3n) is 6.14. The van der Waals surface area contributed by atoms with Crippen LogP contribution >= 0.6 is 0 Å². The van der Waals surface area contributed by atoms with E-state index < -0.39 is 17.7 Å². The van der Waals surface area contributed by atoms with E-state index in [2.05, 4.69) is 9.88 Å². The summed E-state index contributed by atoms with van der Waals surface area (Å²) in [6, 6.07) is 7.15. The molecule has 0 spiro atoms. The van der Waals surface area contributed by atoms with Crippen molar-refractivity contribution >= 4 is 0 Å². The van der Waals surface area contributed by atoms with Gasteiger partial charge in [0.25, 0.3) is 0 Å². The van der Waals surface area contributed by atoms with Gasteiger partial charge in [-0.25, -0.2) is 8.78 Å². The van der Waals surface area contributed by atoms with Crippen molar-refractivity contribution in [3.05, 3.63) is 59.4 Å². The van der Waals surface area contributed by atoms with Gasteiger partial charge >= 0.3 is 0 Å². The number of hydrogen-bond donors (Lipinski definition) is 3. The van der Waals surface area contributed by atoms with Crippen molar-refractivity contribution in [2.45, 2.75) is 37.5 Å². The van der Waals surface area contributed by atoms with Crippen LogP contribution in [0.2, 0.25) is 0 Å². The quantitative estimate of drug-likeness (QED) is 0.731. The van der Waals surface area contributed by atoms with Crippen molar-refractivity contribution in [3.8, 4) is 5.75 Å². The minimum Gasteiger partial charge on any atom is -0.506 e. The number of aliphatic hydroxyl groups excluding tert-OH is 2. The molecule has 2 aliphatic rings. The summed E-state index contributed by atoms with van der Waals surface area (Å²) in [6.07, 6.45) is 1.72. The van der Waals surface area contributed by atoms with Crippen molar-refractivity contribution < 1.29 is 24.1 Å². The van der Waals surface area contributed by atoms with Crippen molar-refractivity contribution in [1.29, 1.82) is 0 Å². The third-order valence-corrected chi connectivity index (χ3v) is 6.14. The highest BCUT2D eigenvalue weighted by Gasteiger charge is 2.47. The van der Waals surface area contributed by atoms with Crippen LogP contribution in [0.25, 0.3) is 0 Å². The van der Waals surface area contributed by atoms with E-state index in [0.29, 0.717) is 43.6 Å². The van der Waals surface area contributed by atoms with Crippen LogP contribution in [0.5, 0.6) is 5.75 Å². The molecule has 1 saturated carbocycles. The van der Waals surface area contributed by atoms with E-state index in [9.17, 15) is 24.1 Å². The molecule has 2 aromatic rings. The maximum absolute atomic E-state index is 14.2. The van der Waals surface area contributed by atoms with Crippen LogP contribution < -0.4 is 0 Å². The van der Waals surface area contributed by atoms with Gasteiger partial charge in [0.1, 0.15) is 11.9 Å². The maximum Gasteiger partial charge on any atom is 0.162 e. The number of aliphatic hydroxyl groups is 2. The lowest BCUT2D eigenvalue weighted by Gasteiger charge is -2.30. The molecule has 150 valence electrons. The molecule has 2 fully saturated rings. The van der Waals surface area contributed by atoms with Gasteiger partial charge in [-0.2, -0.15) is 0 Å². The van der Waals surface area contributed by atoms with E-state index >= 15 is 0 Å². The first-order chi connectivity index (χ1) is 13.4. The Balaban J connectivity index is 1.54. The lowest BCUT2D eigenvalue weighted by Crippen LogP contribution is -2.38. The van der Waals surface area contributed by atoms with Gasteiger partial charge in [0, 0.05) is 19.1 Å². The highest BCUT2D eigenvalue weighted by atomic mass is 19.2. The van der Waals surface area contributed by atoms with Crippen LogP contribution in [0, 0.1) is 23.5 Å². The summed E-state index contributed by atoms with van der Waals surface area (Å²) >= 11 is 0. The van der Waals surface area contributed by atoms with Gasteiger partial charge in [-0.1, -0.05) is 12.1 Å². The van der Waals surface area contributed by atoms with Gasteiger partial charge in [0.15, 0.2) is 11.6 Å². The minimum atomic E-state index is -0.863. The number of nitrogens with zero attached hydrogens (tertiary/aromatic N) is 2.